The van der Waals surface area contributed by atoms with Crippen LogP contribution >= 0.6 is 0 Å². The highest BCUT2D eigenvalue weighted by molar-refractivity contribution is 6.10. The fraction of sp³-hybridized carbons (Fsp3) is 0.263. The minimum atomic E-state index is -0.831. The SMILES string of the molecule is Cc1c(C(=O)c2ccccc2)cn2cnc(C(C)CCC(=O)O)nc12. The number of carbonyl (C=O) groups is 2. The average Bonchev–Trinajstić information content (AvgIpc) is 2.96. The molecule has 0 fully saturated rings. The number of hydrogen-bond donors (Lipinski definition) is 1. The molecule has 0 aliphatic rings. The van der Waals surface area contributed by atoms with E-state index < -0.39 is 5.97 Å². The molecule has 2 heterocycles. The van der Waals surface area contributed by atoms with Gasteiger partial charge in [0.2, 0.25) is 0 Å². The summed E-state index contributed by atoms with van der Waals surface area (Å²) in [4.78, 5) is 32.3. The van der Waals surface area contributed by atoms with E-state index in [-0.39, 0.29) is 18.1 Å². The minimum Gasteiger partial charge on any atom is -0.481 e. The number of nitrogens with zero attached hydrogens (tertiary/aromatic N) is 3. The van der Waals surface area contributed by atoms with Gasteiger partial charge in [0.05, 0.1) is 0 Å². The van der Waals surface area contributed by atoms with Crippen LogP contribution in [0.1, 0.15) is 53.0 Å². The molecule has 1 unspecified atom stereocenters. The minimum absolute atomic E-state index is 0.0518. The third-order valence-corrected chi connectivity index (χ3v) is 4.30. The number of fused-ring (bicyclic) bond motifs is 1. The molecule has 2 aromatic heterocycles. The number of aryl methyl sites for hydroxylation is 1. The van der Waals surface area contributed by atoms with Crippen LogP contribution in [0, 0.1) is 6.92 Å². The molecule has 0 saturated heterocycles. The molecular weight excluding hydrogens is 318 g/mol. The zero-order valence-electron chi connectivity index (χ0n) is 14.1. The van der Waals surface area contributed by atoms with Crippen LogP contribution in [0.25, 0.3) is 5.65 Å². The monoisotopic (exact) mass is 337 g/mol. The number of rotatable bonds is 6. The number of ketones is 1. The molecule has 0 aliphatic carbocycles. The van der Waals surface area contributed by atoms with Gasteiger partial charge in [0, 0.05) is 35.2 Å². The Morgan fingerprint density at radius 1 is 1.24 bits per heavy atom. The van der Waals surface area contributed by atoms with E-state index in [1.165, 1.54) is 0 Å². The van der Waals surface area contributed by atoms with Crippen molar-refractivity contribution < 1.29 is 14.7 Å². The third-order valence-electron chi connectivity index (χ3n) is 4.30. The Kier molecular flexibility index (Phi) is 4.61. The largest absolute Gasteiger partial charge is 0.481 e. The summed E-state index contributed by atoms with van der Waals surface area (Å²) in [6.45, 7) is 3.77. The van der Waals surface area contributed by atoms with Crippen molar-refractivity contribution in [3.63, 3.8) is 0 Å². The van der Waals surface area contributed by atoms with Crippen molar-refractivity contribution in [2.24, 2.45) is 0 Å². The predicted octanol–water partition coefficient (Wildman–Crippen LogP) is 3.24. The Bertz CT molecular complexity index is 932. The molecule has 25 heavy (non-hydrogen) atoms. The molecule has 0 saturated carbocycles. The first kappa shape index (κ1) is 16.8. The van der Waals surface area contributed by atoms with Gasteiger partial charge in [0.25, 0.3) is 0 Å². The third kappa shape index (κ3) is 3.42. The number of hydrogen-bond acceptors (Lipinski definition) is 4. The van der Waals surface area contributed by atoms with Gasteiger partial charge in [-0.2, -0.15) is 0 Å². The van der Waals surface area contributed by atoms with E-state index in [0.29, 0.717) is 29.0 Å². The number of benzene rings is 1. The first-order valence-electron chi connectivity index (χ1n) is 8.13. The van der Waals surface area contributed by atoms with E-state index >= 15 is 0 Å². The van der Waals surface area contributed by atoms with Gasteiger partial charge in [-0.15, -0.1) is 0 Å². The lowest BCUT2D eigenvalue weighted by molar-refractivity contribution is -0.137. The molecule has 1 atom stereocenters. The predicted molar refractivity (Wildman–Crippen MR) is 92.9 cm³/mol. The smallest absolute Gasteiger partial charge is 0.303 e. The summed E-state index contributed by atoms with van der Waals surface area (Å²) < 4.78 is 1.74. The van der Waals surface area contributed by atoms with E-state index in [1.54, 1.807) is 29.1 Å². The zero-order chi connectivity index (χ0) is 18.0. The second kappa shape index (κ2) is 6.84. The van der Waals surface area contributed by atoms with Crippen LogP contribution in [-0.2, 0) is 4.79 Å². The lowest BCUT2D eigenvalue weighted by atomic mass is 10.0. The van der Waals surface area contributed by atoms with Crippen molar-refractivity contribution in [1.82, 2.24) is 14.4 Å². The zero-order valence-corrected chi connectivity index (χ0v) is 14.1. The van der Waals surface area contributed by atoms with Crippen molar-refractivity contribution in [3.8, 4) is 0 Å². The van der Waals surface area contributed by atoms with Crippen molar-refractivity contribution in [2.45, 2.75) is 32.6 Å². The van der Waals surface area contributed by atoms with Crippen molar-refractivity contribution in [1.29, 1.82) is 0 Å². The molecule has 3 rings (SSSR count). The number of carboxylic acids is 1. The van der Waals surface area contributed by atoms with Crippen molar-refractivity contribution in [2.75, 3.05) is 0 Å². The van der Waals surface area contributed by atoms with Gasteiger partial charge in [-0.25, -0.2) is 9.97 Å². The van der Waals surface area contributed by atoms with E-state index in [0.717, 1.165) is 5.56 Å². The van der Waals surface area contributed by atoms with Crippen LogP contribution in [0.15, 0.2) is 42.9 Å². The molecule has 1 N–H and O–H groups in total. The molecule has 128 valence electrons. The molecule has 0 spiro atoms. The summed E-state index contributed by atoms with van der Waals surface area (Å²) in [7, 11) is 0. The molecule has 1 aromatic carbocycles. The average molecular weight is 337 g/mol. The summed E-state index contributed by atoms with van der Waals surface area (Å²) >= 11 is 0. The summed E-state index contributed by atoms with van der Waals surface area (Å²) in [5.41, 5.74) is 2.69. The maximum absolute atomic E-state index is 12.7. The quantitative estimate of drug-likeness (QED) is 0.698. The number of aliphatic carboxylic acids is 1. The Balaban J connectivity index is 1.95. The summed E-state index contributed by atoms with van der Waals surface area (Å²) in [6.07, 6.45) is 3.92. The van der Waals surface area contributed by atoms with E-state index in [4.69, 9.17) is 5.11 Å². The molecule has 0 aliphatic heterocycles. The Morgan fingerprint density at radius 3 is 2.64 bits per heavy atom. The van der Waals surface area contributed by atoms with E-state index in [1.807, 2.05) is 32.0 Å². The highest BCUT2D eigenvalue weighted by atomic mass is 16.4. The van der Waals surface area contributed by atoms with Crippen LogP contribution in [-0.4, -0.2) is 31.2 Å². The molecule has 6 nitrogen and oxygen atoms in total. The van der Waals surface area contributed by atoms with Gasteiger partial charge in [0.1, 0.15) is 17.8 Å². The summed E-state index contributed by atoms with van der Waals surface area (Å²) in [6, 6.07) is 9.11. The van der Waals surface area contributed by atoms with Crippen LogP contribution < -0.4 is 0 Å². The van der Waals surface area contributed by atoms with Crippen LogP contribution in [0.5, 0.6) is 0 Å². The van der Waals surface area contributed by atoms with E-state index in [2.05, 4.69) is 9.97 Å². The van der Waals surface area contributed by atoms with Gasteiger partial charge in [-0.05, 0) is 13.3 Å². The van der Waals surface area contributed by atoms with Gasteiger partial charge >= 0.3 is 5.97 Å². The first-order chi connectivity index (χ1) is 12.0. The number of carbonyl (C=O) groups excluding carboxylic acids is 1. The second-order valence-electron chi connectivity index (χ2n) is 6.14. The van der Waals surface area contributed by atoms with E-state index in [9.17, 15) is 9.59 Å². The second-order valence-corrected chi connectivity index (χ2v) is 6.14. The molecule has 0 radical (unpaired) electrons. The van der Waals surface area contributed by atoms with Gasteiger partial charge in [0.15, 0.2) is 5.78 Å². The van der Waals surface area contributed by atoms with Gasteiger partial charge in [-0.1, -0.05) is 37.3 Å². The Morgan fingerprint density at radius 2 is 1.96 bits per heavy atom. The van der Waals surface area contributed by atoms with Crippen LogP contribution in [0.3, 0.4) is 0 Å². The standard InChI is InChI=1S/C19H19N3O3/c1-12(8-9-16(23)24)18-20-11-22-10-15(13(2)19(22)21-18)17(25)14-6-4-3-5-7-14/h3-7,10-12H,8-9H2,1-2H3,(H,23,24). The first-order valence-corrected chi connectivity index (χ1v) is 8.13. The summed E-state index contributed by atoms with van der Waals surface area (Å²) in [5.74, 6) is -0.357. The lowest BCUT2D eigenvalue weighted by Crippen LogP contribution is -2.06. The lowest BCUT2D eigenvalue weighted by Gasteiger charge is -2.08. The summed E-state index contributed by atoms with van der Waals surface area (Å²) in [5, 5.41) is 8.82. The van der Waals surface area contributed by atoms with Crippen molar-refractivity contribution >= 4 is 17.4 Å². The Hall–Kier alpha value is -3.02. The molecule has 0 bridgehead atoms. The topological polar surface area (TPSA) is 84.6 Å². The maximum atomic E-state index is 12.7. The van der Waals surface area contributed by atoms with Gasteiger partial charge < -0.3 is 5.11 Å². The fourth-order valence-electron chi connectivity index (χ4n) is 2.78. The Labute approximate surface area is 145 Å². The van der Waals surface area contributed by atoms with Crippen molar-refractivity contribution in [3.05, 3.63) is 65.4 Å². The van der Waals surface area contributed by atoms with Crippen LogP contribution in [0.4, 0.5) is 0 Å². The van der Waals surface area contributed by atoms with Crippen LogP contribution in [0.2, 0.25) is 0 Å². The molecule has 0 amide bonds. The molecule has 6 heteroatoms. The molecular formula is C19H19N3O3. The number of aromatic nitrogens is 3. The normalized spacial score (nSPS) is 12.2. The fourth-order valence-corrected chi connectivity index (χ4v) is 2.78. The number of carboxylic acid groups (broad SMARTS) is 1. The molecule has 3 aromatic rings. The van der Waals surface area contributed by atoms with Gasteiger partial charge in [-0.3, -0.25) is 14.0 Å². The highest BCUT2D eigenvalue weighted by Crippen LogP contribution is 2.22. The highest BCUT2D eigenvalue weighted by Gasteiger charge is 2.18. The maximum Gasteiger partial charge on any atom is 0.303 e.